The first-order valence-electron chi connectivity index (χ1n) is 9.58. The quantitative estimate of drug-likeness (QED) is 0.141. The molecule has 0 saturated heterocycles. The summed E-state index contributed by atoms with van der Waals surface area (Å²) in [5.74, 6) is -1.85. The number of carbonyl (C=O) groups excluding carboxylic acids is 1. The average Bonchev–Trinajstić information content (AvgIpc) is 3.15. The van der Waals surface area contributed by atoms with E-state index in [0.29, 0.717) is 30.7 Å². The SMILES string of the molecule is O=C(O)CSc1nn(CC(=O)Nc2ccc3ncnc(Nc4cc(Cl)c(Cl)cc4F)c3c2)c(=S)s1. The molecular formula is C20H13Cl2FN6O3S3. The number of amides is 1. The van der Waals surface area contributed by atoms with Crippen molar-refractivity contribution in [3.63, 3.8) is 0 Å². The molecule has 0 unspecified atom stereocenters. The third-order valence-corrected chi connectivity index (χ3v) is 7.53. The monoisotopic (exact) mass is 570 g/mol. The highest BCUT2D eigenvalue weighted by molar-refractivity contribution is 8.01. The fraction of sp³-hybridized carbons (Fsp3) is 0.100. The van der Waals surface area contributed by atoms with Crippen LogP contribution in [0.25, 0.3) is 10.9 Å². The second-order valence-electron chi connectivity index (χ2n) is 6.85. The van der Waals surface area contributed by atoms with Crippen molar-refractivity contribution in [2.45, 2.75) is 10.9 Å². The van der Waals surface area contributed by atoms with Gasteiger partial charge in [0.05, 0.1) is 27.0 Å². The Morgan fingerprint density at radius 2 is 1.97 bits per heavy atom. The van der Waals surface area contributed by atoms with Gasteiger partial charge in [0.2, 0.25) is 5.91 Å². The Kier molecular flexibility index (Phi) is 7.82. The van der Waals surface area contributed by atoms with Gasteiger partial charge >= 0.3 is 5.97 Å². The van der Waals surface area contributed by atoms with Gasteiger partial charge in [-0.25, -0.2) is 19.0 Å². The molecule has 2 aromatic heterocycles. The number of hydrogen-bond donors (Lipinski definition) is 3. The number of nitrogens with zero attached hydrogens (tertiary/aromatic N) is 4. The van der Waals surface area contributed by atoms with Crippen molar-refractivity contribution < 1.29 is 19.1 Å². The highest BCUT2D eigenvalue weighted by Gasteiger charge is 2.13. The lowest BCUT2D eigenvalue weighted by molar-refractivity contribution is -0.133. The maximum atomic E-state index is 14.3. The number of hydrogen-bond acceptors (Lipinski definition) is 9. The number of aromatic nitrogens is 4. The van der Waals surface area contributed by atoms with Crippen LogP contribution in [-0.4, -0.2) is 42.5 Å². The van der Waals surface area contributed by atoms with Crippen LogP contribution < -0.4 is 10.6 Å². The van der Waals surface area contributed by atoms with Gasteiger partial charge in [-0.2, -0.15) is 5.10 Å². The lowest BCUT2D eigenvalue weighted by Crippen LogP contribution is -2.19. The van der Waals surface area contributed by atoms with E-state index in [9.17, 15) is 14.0 Å². The molecule has 0 bridgehead atoms. The van der Waals surface area contributed by atoms with E-state index in [-0.39, 0.29) is 28.0 Å². The average molecular weight is 571 g/mol. The molecule has 0 saturated carbocycles. The molecule has 2 heterocycles. The summed E-state index contributed by atoms with van der Waals surface area (Å²) in [6.07, 6.45) is 1.32. The molecule has 3 N–H and O–H groups in total. The molecule has 35 heavy (non-hydrogen) atoms. The van der Waals surface area contributed by atoms with Crippen LogP contribution in [0.1, 0.15) is 0 Å². The number of carbonyl (C=O) groups is 2. The van der Waals surface area contributed by atoms with E-state index in [1.54, 1.807) is 18.2 Å². The molecule has 15 heteroatoms. The Balaban J connectivity index is 1.53. The van der Waals surface area contributed by atoms with Crippen molar-refractivity contribution in [1.29, 1.82) is 0 Å². The summed E-state index contributed by atoms with van der Waals surface area (Å²) in [5.41, 5.74) is 1.07. The van der Waals surface area contributed by atoms with Gasteiger partial charge in [-0.05, 0) is 42.5 Å². The molecule has 9 nitrogen and oxygen atoms in total. The molecule has 0 fully saturated rings. The van der Waals surface area contributed by atoms with Crippen molar-refractivity contribution in [2.24, 2.45) is 0 Å². The fourth-order valence-electron chi connectivity index (χ4n) is 2.89. The minimum Gasteiger partial charge on any atom is -0.481 e. The maximum absolute atomic E-state index is 14.3. The lowest BCUT2D eigenvalue weighted by Gasteiger charge is -2.12. The Labute approximate surface area is 220 Å². The highest BCUT2D eigenvalue weighted by Crippen LogP contribution is 2.32. The predicted molar refractivity (Wildman–Crippen MR) is 137 cm³/mol. The number of fused-ring (bicyclic) bond motifs is 1. The van der Waals surface area contributed by atoms with Crippen molar-refractivity contribution in [1.82, 2.24) is 19.7 Å². The first kappa shape index (κ1) is 25.3. The van der Waals surface area contributed by atoms with Gasteiger partial charge in [0.25, 0.3) is 0 Å². The summed E-state index contributed by atoms with van der Waals surface area (Å²) >= 11 is 19.2. The normalized spacial score (nSPS) is 10.9. The smallest absolute Gasteiger partial charge is 0.313 e. The van der Waals surface area contributed by atoms with Gasteiger partial charge in [0.15, 0.2) is 8.29 Å². The summed E-state index contributed by atoms with van der Waals surface area (Å²) in [5, 5.41) is 19.4. The molecule has 0 atom stereocenters. The fourth-order valence-corrected chi connectivity index (χ4v) is 5.25. The van der Waals surface area contributed by atoms with Gasteiger partial charge in [0.1, 0.15) is 24.5 Å². The van der Waals surface area contributed by atoms with Crippen LogP contribution in [0.4, 0.5) is 21.6 Å². The third kappa shape index (κ3) is 6.24. The highest BCUT2D eigenvalue weighted by atomic mass is 35.5. The number of carboxylic acid groups (broad SMARTS) is 1. The molecular weight excluding hydrogens is 558 g/mol. The van der Waals surface area contributed by atoms with Crippen LogP contribution in [-0.2, 0) is 16.1 Å². The number of benzene rings is 2. The van der Waals surface area contributed by atoms with Gasteiger partial charge in [-0.3, -0.25) is 9.59 Å². The second kappa shape index (κ2) is 10.8. The summed E-state index contributed by atoms with van der Waals surface area (Å²) in [4.78, 5) is 31.7. The molecule has 0 radical (unpaired) electrons. The summed E-state index contributed by atoms with van der Waals surface area (Å²) < 4.78 is 16.5. The minimum absolute atomic E-state index is 0.0725. The van der Waals surface area contributed by atoms with Crippen molar-refractivity contribution in [3.05, 3.63) is 56.5 Å². The number of nitrogens with one attached hydrogen (secondary N) is 2. The van der Waals surface area contributed by atoms with Gasteiger partial charge < -0.3 is 15.7 Å². The largest absolute Gasteiger partial charge is 0.481 e. The molecule has 0 spiro atoms. The standard InChI is InChI=1S/C20H13Cl2FN6O3S3/c21-11-4-13(23)15(5-12(11)22)27-18-10-3-9(1-2-14(10)24-8-25-18)26-16(30)6-29-20(33)35-19(28-29)34-7-17(31)32/h1-5,8H,6-7H2,(H,26,30)(H,31,32)(H,24,25,27). The van der Waals surface area contributed by atoms with Crippen molar-refractivity contribution in [3.8, 4) is 0 Å². The Hall–Kier alpha value is -2.84. The van der Waals surface area contributed by atoms with E-state index in [2.05, 4.69) is 25.7 Å². The zero-order valence-corrected chi connectivity index (χ0v) is 21.3. The third-order valence-electron chi connectivity index (χ3n) is 4.38. The van der Waals surface area contributed by atoms with Crippen molar-refractivity contribution in [2.75, 3.05) is 16.4 Å². The topological polar surface area (TPSA) is 122 Å². The number of anilines is 3. The van der Waals surface area contributed by atoms with Crippen LogP contribution in [0.3, 0.4) is 0 Å². The molecule has 180 valence electrons. The zero-order valence-electron chi connectivity index (χ0n) is 17.3. The van der Waals surface area contributed by atoms with Gasteiger partial charge in [0, 0.05) is 11.1 Å². The first-order chi connectivity index (χ1) is 16.7. The van der Waals surface area contributed by atoms with E-state index < -0.39 is 17.7 Å². The van der Waals surface area contributed by atoms with Crippen LogP contribution in [0.5, 0.6) is 0 Å². The van der Waals surface area contributed by atoms with E-state index in [1.807, 2.05) is 0 Å². The Morgan fingerprint density at radius 1 is 1.20 bits per heavy atom. The van der Waals surface area contributed by atoms with E-state index in [0.717, 1.165) is 29.2 Å². The van der Waals surface area contributed by atoms with Crippen molar-refractivity contribution >= 4 is 98.5 Å². The van der Waals surface area contributed by atoms with Crippen LogP contribution in [0, 0.1) is 9.77 Å². The molecule has 1 amide bonds. The number of aliphatic carboxylic acids is 1. The summed E-state index contributed by atoms with van der Waals surface area (Å²) in [6.45, 7) is -0.161. The molecule has 4 aromatic rings. The maximum Gasteiger partial charge on any atom is 0.313 e. The van der Waals surface area contributed by atoms with E-state index >= 15 is 0 Å². The molecule has 2 aromatic carbocycles. The molecule has 0 aliphatic rings. The molecule has 0 aliphatic heterocycles. The molecule has 4 rings (SSSR count). The summed E-state index contributed by atoms with van der Waals surface area (Å²) in [6, 6.07) is 7.42. The number of carboxylic acids is 1. The van der Waals surface area contributed by atoms with Crippen LogP contribution >= 0.6 is 58.5 Å². The van der Waals surface area contributed by atoms with Crippen LogP contribution in [0.15, 0.2) is 41.0 Å². The van der Waals surface area contributed by atoms with Crippen LogP contribution in [0.2, 0.25) is 10.0 Å². The summed E-state index contributed by atoms with van der Waals surface area (Å²) in [7, 11) is 0. The number of halogens is 3. The first-order valence-corrected chi connectivity index (χ1v) is 12.5. The molecule has 0 aliphatic carbocycles. The Morgan fingerprint density at radius 3 is 2.74 bits per heavy atom. The number of rotatable bonds is 8. The second-order valence-corrected chi connectivity index (χ2v) is 10.5. The minimum atomic E-state index is -0.976. The lowest BCUT2D eigenvalue weighted by atomic mass is 10.2. The van der Waals surface area contributed by atoms with Gasteiger partial charge in [-0.15, -0.1) is 0 Å². The predicted octanol–water partition coefficient (Wildman–Crippen LogP) is 5.62. The van der Waals surface area contributed by atoms with E-state index in [4.69, 9.17) is 40.5 Å². The zero-order chi connectivity index (χ0) is 25.1. The Bertz CT molecular complexity index is 1510. The van der Waals surface area contributed by atoms with Gasteiger partial charge in [-0.1, -0.05) is 46.3 Å². The van der Waals surface area contributed by atoms with E-state index in [1.165, 1.54) is 17.1 Å². The number of thioether (sulfide) groups is 1.